The summed E-state index contributed by atoms with van der Waals surface area (Å²) in [6, 6.07) is -0.492. The van der Waals surface area contributed by atoms with E-state index < -0.39 is 35.7 Å². The van der Waals surface area contributed by atoms with Crippen LogP contribution in [0.25, 0.3) is 0 Å². The van der Waals surface area contributed by atoms with Gasteiger partial charge in [0, 0.05) is 18.4 Å². The molecule has 5 atom stereocenters. The number of aromatic nitrogens is 4. The fraction of sp³-hybridized carbons (Fsp3) is 0.579. The Balaban J connectivity index is 1.60. The van der Waals surface area contributed by atoms with Crippen molar-refractivity contribution < 1.29 is 23.1 Å². The molecule has 2 aromatic rings. The van der Waals surface area contributed by atoms with Crippen molar-refractivity contribution in [1.82, 2.24) is 19.7 Å². The highest BCUT2D eigenvalue weighted by Crippen LogP contribution is 2.50. The zero-order valence-corrected chi connectivity index (χ0v) is 16.8. The van der Waals surface area contributed by atoms with Gasteiger partial charge in [-0.3, -0.25) is 9.48 Å². The Kier molecular flexibility index (Phi) is 5.50. The van der Waals surface area contributed by atoms with Crippen LogP contribution >= 0.6 is 0 Å². The normalized spacial score (nSPS) is 26.1. The fourth-order valence-corrected chi connectivity index (χ4v) is 4.75. The number of carbonyl (C=O) groups excluding carboxylic acids is 1. The molecule has 0 saturated heterocycles. The number of aliphatic hydroxyl groups excluding tert-OH is 1. The number of carbonyl (C=O) groups is 1. The molecule has 0 spiro atoms. The van der Waals surface area contributed by atoms with Crippen LogP contribution in [0.3, 0.4) is 0 Å². The van der Waals surface area contributed by atoms with Crippen LogP contribution in [0, 0.1) is 17.8 Å². The minimum absolute atomic E-state index is 0.0501. The number of nitrogens with two attached hydrogens (primary N) is 1. The van der Waals surface area contributed by atoms with E-state index in [9.17, 15) is 23.1 Å². The second-order valence-corrected chi connectivity index (χ2v) is 8.31. The van der Waals surface area contributed by atoms with Crippen molar-refractivity contribution in [3.8, 4) is 0 Å². The zero-order valence-electron chi connectivity index (χ0n) is 16.8. The van der Waals surface area contributed by atoms with Crippen LogP contribution in [0.1, 0.15) is 31.7 Å². The molecule has 2 aliphatic carbocycles. The average molecular weight is 439 g/mol. The molecule has 4 rings (SSSR count). The Bertz CT molecular complexity index is 962. The number of nitrogens with zero attached hydrogens (tertiary/aromatic N) is 4. The van der Waals surface area contributed by atoms with Crippen molar-refractivity contribution >= 4 is 23.4 Å². The van der Waals surface area contributed by atoms with Crippen molar-refractivity contribution in [2.75, 3.05) is 10.6 Å². The van der Waals surface area contributed by atoms with E-state index in [0.717, 1.165) is 19.3 Å². The number of hydrogen-bond donors (Lipinski definition) is 4. The molecule has 12 heteroatoms. The Hall–Kier alpha value is -2.89. The summed E-state index contributed by atoms with van der Waals surface area (Å²) in [7, 11) is 0. The molecule has 2 saturated carbocycles. The monoisotopic (exact) mass is 439 g/mol. The van der Waals surface area contributed by atoms with Gasteiger partial charge in [0.2, 0.25) is 11.9 Å². The van der Waals surface area contributed by atoms with Gasteiger partial charge in [0.15, 0.2) is 0 Å². The van der Waals surface area contributed by atoms with E-state index in [1.165, 1.54) is 10.9 Å². The number of halogens is 3. The maximum Gasteiger partial charge on any atom is 0.421 e. The Morgan fingerprint density at radius 3 is 2.77 bits per heavy atom. The van der Waals surface area contributed by atoms with Crippen LogP contribution in [0.15, 0.2) is 18.6 Å². The molecule has 0 unspecified atom stereocenters. The van der Waals surface area contributed by atoms with E-state index in [-0.39, 0.29) is 30.1 Å². The second-order valence-electron chi connectivity index (χ2n) is 8.31. The summed E-state index contributed by atoms with van der Waals surface area (Å²) in [5.41, 5.74) is 5.00. The number of alkyl halides is 3. The minimum Gasteiger partial charge on any atom is -0.391 e. The van der Waals surface area contributed by atoms with E-state index in [0.29, 0.717) is 11.9 Å². The van der Waals surface area contributed by atoms with Crippen LogP contribution in [-0.4, -0.2) is 42.9 Å². The first-order valence-corrected chi connectivity index (χ1v) is 10.1. The molecular formula is C19H24F3N7O2. The lowest BCUT2D eigenvalue weighted by Gasteiger charge is -2.30. The minimum atomic E-state index is -4.66. The van der Waals surface area contributed by atoms with E-state index in [2.05, 4.69) is 25.7 Å². The highest BCUT2D eigenvalue weighted by molar-refractivity contribution is 5.79. The standard InChI is InChI=1S/C19H24F3N7O2/c1-9(30)7-29-8-12(5-25-29)26-18-24-6-13(19(20,21)22)17(28-18)27-15-11-3-2-10(4-11)14(15)16(23)31/h5-6,8-11,14-15,30H,2-4,7H2,1H3,(H2,23,31)(H2,24,26,27,28)/t9-,10+,11-,14-,15+/m1/s1. The van der Waals surface area contributed by atoms with E-state index in [1.807, 2.05) is 0 Å². The molecule has 0 radical (unpaired) electrons. The molecule has 0 aliphatic heterocycles. The molecule has 2 bridgehead atoms. The van der Waals surface area contributed by atoms with Crippen LogP contribution in [0.5, 0.6) is 0 Å². The maximum absolute atomic E-state index is 13.6. The van der Waals surface area contributed by atoms with E-state index in [1.54, 1.807) is 13.1 Å². The first-order valence-electron chi connectivity index (χ1n) is 10.1. The van der Waals surface area contributed by atoms with Gasteiger partial charge in [-0.25, -0.2) is 4.98 Å². The van der Waals surface area contributed by atoms with Crippen LogP contribution in [0.4, 0.5) is 30.6 Å². The third kappa shape index (κ3) is 4.43. The van der Waals surface area contributed by atoms with Crippen molar-refractivity contribution in [2.24, 2.45) is 23.5 Å². The highest BCUT2D eigenvalue weighted by atomic mass is 19.4. The predicted octanol–water partition coefficient (Wildman–Crippen LogP) is 2.13. The molecule has 1 amide bonds. The first-order chi connectivity index (χ1) is 14.6. The van der Waals surface area contributed by atoms with Gasteiger partial charge in [-0.2, -0.15) is 23.3 Å². The number of amides is 1. The largest absolute Gasteiger partial charge is 0.421 e. The zero-order chi connectivity index (χ0) is 22.3. The lowest BCUT2D eigenvalue weighted by atomic mass is 9.84. The number of aliphatic hydroxyl groups is 1. The SMILES string of the molecule is C[C@@H](O)Cn1cc(Nc2ncc(C(F)(F)F)c(N[C@H]3[C@@H]4CC[C@@H](C4)[C@H]3C(N)=O)n2)cn1. The van der Waals surface area contributed by atoms with Crippen molar-refractivity contribution in [3.05, 3.63) is 24.2 Å². The van der Waals surface area contributed by atoms with Gasteiger partial charge in [0.1, 0.15) is 11.4 Å². The summed E-state index contributed by atoms with van der Waals surface area (Å²) >= 11 is 0. The number of primary amides is 1. The average Bonchev–Trinajstić information content (AvgIpc) is 3.37. The molecule has 0 aromatic carbocycles. The highest BCUT2D eigenvalue weighted by Gasteiger charge is 2.51. The lowest BCUT2D eigenvalue weighted by Crippen LogP contribution is -2.43. The summed E-state index contributed by atoms with van der Waals surface area (Å²) < 4.78 is 42.2. The number of hydrogen-bond acceptors (Lipinski definition) is 7. The van der Waals surface area contributed by atoms with Crippen molar-refractivity contribution in [2.45, 2.75) is 51.1 Å². The van der Waals surface area contributed by atoms with Gasteiger partial charge in [-0.05, 0) is 38.0 Å². The Morgan fingerprint density at radius 1 is 1.35 bits per heavy atom. The van der Waals surface area contributed by atoms with Gasteiger partial charge in [-0.15, -0.1) is 0 Å². The summed E-state index contributed by atoms with van der Waals surface area (Å²) in [5, 5.41) is 19.2. The van der Waals surface area contributed by atoms with E-state index in [4.69, 9.17) is 5.73 Å². The summed E-state index contributed by atoms with van der Waals surface area (Å²) in [6.07, 6.45) is 0.946. The van der Waals surface area contributed by atoms with Gasteiger partial charge < -0.3 is 21.5 Å². The lowest BCUT2D eigenvalue weighted by molar-refractivity contribution is -0.137. The Morgan fingerprint density at radius 2 is 2.10 bits per heavy atom. The second kappa shape index (κ2) is 7.98. The molecule has 9 nitrogen and oxygen atoms in total. The molecule has 5 N–H and O–H groups in total. The fourth-order valence-electron chi connectivity index (χ4n) is 4.75. The first kappa shape index (κ1) is 21.3. The third-order valence-corrected chi connectivity index (χ3v) is 5.98. The topological polar surface area (TPSA) is 131 Å². The number of rotatable bonds is 7. The van der Waals surface area contributed by atoms with E-state index >= 15 is 0 Å². The molecule has 2 aliphatic rings. The smallest absolute Gasteiger partial charge is 0.391 e. The molecular weight excluding hydrogens is 415 g/mol. The predicted molar refractivity (Wildman–Crippen MR) is 105 cm³/mol. The number of nitrogens with one attached hydrogen (secondary N) is 2. The molecule has 31 heavy (non-hydrogen) atoms. The Labute approximate surface area is 176 Å². The van der Waals surface area contributed by atoms with Gasteiger partial charge >= 0.3 is 6.18 Å². The number of anilines is 3. The quantitative estimate of drug-likeness (QED) is 0.520. The molecule has 2 heterocycles. The summed E-state index contributed by atoms with van der Waals surface area (Å²) in [6.45, 7) is 1.88. The molecule has 168 valence electrons. The van der Waals surface area contributed by atoms with Crippen LogP contribution < -0.4 is 16.4 Å². The maximum atomic E-state index is 13.6. The summed E-state index contributed by atoms with van der Waals surface area (Å²) in [5.74, 6) is -1.29. The van der Waals surface area contributed by atoms with Gasteiger partial charge in [0.05, 0.1) is 30.5 Å². The van der Waals surface area contributed by atoms with Crippen molar-refractivity contribution in [3.63, 3.8) is 0 Å². The van der Waals surface area contributed by atoms with Crippen molar-refractivity contribution in [1.29, 1.82) is 0 Å². The molecule has 2 aromatic heterocycles. The summed E-state index contributed by atoms with van der Waals surface area (Å²) in [4.78, 5) is 19.8. The van der Waals surface area contributed by atoms with Gasteiger partial charge in [0.25, 0.3) is 0 Å². The number of fused-ring (bicyclic) bond motifs is 2. The third-order valence-electron chi connectivity index (χ3n) is 5.98. The van der Waals surface area contributed by atoms with Crippen LogP contribution in [-0.2, 0) is 17.5 Å². The van der Waals surface area contributed by atoms with Gasteiger partial charge in [-0.1, -0.05) is 0 Å². The van der Waals surface area contributed by atoms with Crippen LogP contribution in [0.2, 0.25) is 0 Å². The molecule has 2 fully saturated rings.